The third-order valence-electron chi connectivity index (χ3n) is 2.09. The molecule has 0 fully saturated rings. The maximum atomic E-state index is 5.50. The highest BCUT2D eigenvalue weighted by molar-refractivity contribution is 14.0. The van der Waals surface area contributed by atoms with Gasteiger partial charge in [0.25, 0.3) is 0 Å². The second-order valence-corrected chi connectivity index (χ2v) is 2.90. The molecule has 2 nitrogen and oxygen atoms in total. The summed E-state index contributed by atoms with van der Waals surface area (Å²) in [6.45, 7) is 0.710. The first-order chi connectivity index (χ1) is 5.92. The molecule has 0 amide bonds. The van der Waals surface area contributed by atoms with Gasteiger partial charge in [0, 0.05) is 17.1 Å². The first-order valence-electron chi connectivity index (χ1n) is 4.17. The summed E-state index contributed by atoms with van der Waals surface area (Å²) < 4.78 is 0. The van der Waals surface area contributed by atoms with Crippen molar-refractivity contribution in [2.75, 3.05) is 6.54 Å². The van der Waals surface area contributed by atoms with E-state index in [2.05, 4.69) is 23.2 Å². The van der Waals surface area contributed by atoms with E-state index in [0.29, 0.717) is 6.54 Å². The van der Waals surface area contributed by atoms with Gasteiger partial charge in [0.15, 0.2) is 0 Å². The molecule has 3 heteroatoms. The van der Waals surface area contributed by atoms with Crippen LogP contribution in [0.1, 0.15) is 5.56 Å². The first kappa shape index (κ1) is 10.5. The molecule has 0 aliphatic carbocycles. The number of aromatic amines is 1. The fourth-order valence-corrected chi connectivity index (χ4v) is 1.49. The lowest BCUT2D eigenvalue weighted by atomic mass is 10.1. The molecule has 0 unspecified atom stereocenters. The quantitative estimate of drug-likeness (QED) is 0.818. The van der Waals surface area contributed by atoms with Crippen molar-refractivity contribution in [1.29, 1.82) is 0 Å². The minimum atomic E-state index is 0. The number of aromatic nitrogens is 1. The number of hydrogen-bond acceptors (Lipinski definition) is 1. The molecular weight excluding hydrogens is 275 g/mol. The molecule has 1 heterocycles. The van der Waals surface area contributed by atoms with Gasteiger partial charge < -0.3 is 10.7 Å². The van der Waals surface area contributed by atoms with Crippen LogP contribution in [0.15, 0.2) is 30.5 Å². The molecule has 0 radical (unpaired) electrons. The van der Waals surface area contributed by atoms with Crippen molar-refractivity contribution in [3.8, 4) is 0 Å². The van der Waals surface area contributed by atoms with Gasteiger partial charge in [-0.3, -0.25) is 0 Å². The van der Waals surface area contributed by atoms with Crippen LogP contribution in [0, 0.1) is 0 Å². The smallest absolute Gasteiger partial charge is 0.0456 e. The highest BCUT2D eigenvalue weighted by Crippen LogP contribution is 2.17. The molecule has 1 aromatic carbocycles. The maximum Gasteiger partial charge on any atom is 0.0456 e. The van der Waals surface area contributed by atoms with Crippen molar-refractivity contribution in [1.82, 2.24) is 4.98 Å². The van der Waals surface area contributed by atoms with Gasteiger partial charge in [0.2, 0.25) is 0 Å². The molecule has 13 heavy (non-hydrogen) atoms. The minimum Gasteiger partial charge on any atom is -0.361 e. The lowest BCUT2D eigenvalue weighted by molar-refractivity contribution is 0.976. The van der Waals surface area contributed by atoms with Gasteiger partial charge in [-0.1, -0.05) is 18.2 Å². The van der Waals surface area contributed by atoms with Crippen LogP contribution in [0.5, 0.6) is 0 Å². The molecule has 0 saturated heterocycles. The van der Waals surface area contributed by atoms with Crippen molar-refractivity contribution >= 4 is 34.9 Å². The number of nitrogens with one attached hydrogen (secondary N) is 1. The fraction of sp³-hybridized carbons (Fsp3) is 0.200. The zero-order valence-electron chi connectivity index (χ0n) is 7.29. The number of halogens is 1. The number of para-hydroxylation sites is 1. The van der Waals surface area contributed by atoms with Gasteiger partial charge in [-0.2, -0.15) is 0 Å². The van der Waals surface area contributed by atoms with Crippen LogP contribution in [0.3, 0.4) is 0 Å². The number of rotatable bonds is 2. The largest absolute Gasteiger partial charge is 0.361 e. The first-order valence-corrected chi connectivity index (χ1v) is 4.17. The van der Waals surface area contributed by atoms with Crippen LogP contribution in [-0.2, 0) is 6.42 Å². The second kappa shape index (κ2) is 4.62. The van der Waals surface area contributed by atoms with Crippen LogP contribution < -0.4 is 5.73 Å². The van der Waals surface area contributed by atoms with Gasteiger partial charge in [0.05, 0.1) is 0 Å². The fourth-order valence-electron chi connectivity index (χ4n) is 1.49. The number of fused-ring (bicyclic) bond motifs is 1. The molecule has 3 N–H and O–H groups in total. The van der Waals surface area contributed by atoms with Crippen molar-refractivity contribution < 1.29 is 0 Å². The lowest BCUT2D eigenvalue weighted by Gasteiger charge is -1.93. The van der Waals surface area contributed by atoms with E-state index < -0.39 is 0 Å². The number of H-pyrrole nitrogens is 1. The van der Waals surface area contributed by atoms with E-state index in [1.54, 1.807) is 0 Å². The standard InChI is InChI=1S/C10H12N2.HI/c11-6-5-8-7-12-10-4-2-1-3-9(8)10;/h1-4,7,12H,5-6,11H2;1H. The summed E-state index contributed by atoms with van der Waals surface area (Å²) >= 11 is 0. The summed E-state index contributed by atoms with van der Waals surface area (Å²) in [6.07, 6.45) is 2.99. The molecule has 0 saturated carbocycles. The van der Waals surface area contributed by atoms with Crippen LogP contribution in [0.25, 0.3) is 10.9 Å². The molecule has 0 bridgehead atoms. The Balaban J connectivity index is 0.000000845. The van der Waals surface area contributed by atoms with E-state index in [0.717, 1.165) is 6.42 Å². The topological polar surface area (TPSA) is 41.8 Å². The van der Waals surface area contributed by atoms with Gasteiger partial charge in [-0.25, -0.2) is 0 Å². The molecule has 1 aromatic heterocycles. The third kappa shape index (κ3) is 2.03. The molecule has 0 atom stereocenters. The molecule has 0 aliphatic heterocycles. The molecule has 2 aromatic rings. The van der Waals surface area contributed by atoms with Gasteiger partial charge in [-0.05, 0) is 24.6 Å². The average molecular weight is 288 g/mol. The summed E-state index contributed by atoms with van der Waals surface area (Å²) in [5.41, 5.74) is 8.01. The van der Waals surface area contributed by atoms with Crippen LogP contribution in [0.4, 0.5) is 0 Å². The summed E-state index contributed by atoms with van der Waals surface area (Å²) in [7, 11) is 0. The highest BCUT2D eigenvalue weighted by Gasteiger charge is 1.99. The van der Waals surface area contributed by atoms with E-state index in [4.69, 9.17) is 5.73 Å². The Labute approximate surface area is 94.5 Å². The average Bonchev–Trinajstić information content (AvgIpc) is 2.50. The Morgan fingerprint density at radius 2 is 2.00 bits per heavy atom. The summed E-state index contributed by atoms with van der Waals surface area (Å²) in [4.78, 5) is 3.22. The highest BCUT2D eigenvalue weighted by atomic mass is 127. The second-order valence-electron chi connectivity index (χ2n) is 2.90. The summed E-state index contributed by atoms with van der Waals surface area (Å²) in [5, 5.41) is 1.29. The molecule has 0 spiro atoms. The Morgan fingerprint density at radius 3 is 2.77 bits per heavy atom. The van der Waals surface area contributed by atoms with Gasteiger partial charge in [0.1, 0.15) is 0 Å². The van der Waals surface area contributed by atoms with Crippen LogP contribution >= 0.6 is 24.0 Å². The Hall–Kier alpha value is -0.550. The van der Waals surface area contributed by atoms with E-state index in [1.165, 1.54) is 16.5 Å². The van der Waals surface area contributed by atoms with Crippen molar-refractivity contribution in [3.05, 3.63) is 36.0 Å². The zero-order chi connectivity index (χ0) is 8.39. The van der Waals surface area contributed by atoms with E-state index >= 15 is 0 Å². The third-order valence-corrected chi connectivity index (χ3v) is 2.09. The van der Waals surface area contributed by atoms with Gasteiger partial charge >= 0.3 is 0 Å². The maximum absolute atomic E-state index is 5.50. The van der Waals surface area contributed by atoms with E-state index in [1.807, 2.05) is 12.3 Å². The van der Waals surface area contributed by atoms with Crippen molar-refractivity contribution in [2.45, 2.75) is 6.42 Å². The van der Waals surface area contributed by atoms with Gasteiger partial charge in [-0.15, -0.1) is 24.0 Å². The SMILES string of the molecule is I.NCCc1c[nH]c2ccccc12. The van der Waals surface area contributed by atoms with Crippen molar-refractivity contribution in [2.24, 2.45) is 5.73 Å². The van der Waals surface area contributed by atoms with Crippen LogP contribution in [0.2, 0.25) is 0 Å². The molecule has 70 valence electrons. The minimum absolute atomic E-state index is 0. The molecule has 2 rings (SSSR count). The Kier molecular flexibility index (Phi) is 3.74. The lowest BCUT2D eigenvalue weighted by Crippen LogP contribution is -2.01. The zero-order valence-corrected chi connectivity index (χ0v) is 9.62. The predicted molar refractivity (Wildman–Crippen MR) is 66.5 cm³/mol. The summed E-state index contributed by atoms with van der Waals surface area (Å²) in [5.74, 6) is 0. The Bertz CT molecular complexity index is 381. The monoisotopic (exact) mass is 288 g/mol. The normalized spacial score (nSPS) is 9.92. The molecular formula is C10H13IN2. The number of nitrogens with two attached hydrogens (primary N) is 1. The number of benzene rings is 1. The summed E-state index contributed by atoms with van der Waals surface area (Å²) in [6, 6.07) is 8.29. The Morgan fingerprint density at radius 1 is 1.23 bits per heavy atom. The van der Waals surface area contributed by atoms with E-state index in [9.17, 15) is 0 Å². The van der Waals surface area contributed by atoms with Crippen LogP contribution in [-0.4, -0.2) is 11.5 Å². The van der Waals surface area contributed by atoms with E-state index in [-0.39, 0.29) is 24.0 Å². The predicted octanol–water partition coefficient (Wildman–Crippen LogP) is 2.29. The van der Waals surface area contributed by atoms with Crippen molar-refractivity contribution in [3.63, 3.8) is 0 Å². The number of hydrogen-bond donors (Lipinski definition) is 2. The molecule has 0 aliphatic rings.